The third kappa shape index (κ3) is 2.49. The van der Waals surface area contributed by atoms with Crippen molar-refractivity contribution >= 4 is 39.5 Å². The molecule has 0 fully saturated rings. The number of carbonyl (C=O) groups is 1. The van der Waals surface area contributed by atoms with E-state index in [-0.39, 0.29) is 4.88 Å². The number of nitrogens with zero attached hydrogens (tertiary/aromatic N) is 1. The van der Waals surface area contributed by atoms with E-state index in [0.717, 1.165) is 16.5 Å². The highest BCUT2D eigenvalue weighted by atomic mass is 32.1. The molecule has 0 saturated carbocycles. The smallest absolute Gasteiger partial charge is 0.348 e. The molecule has 21 heavy (non-hydrogen) atoms. The molecule has 0 radical (unpaired) electrons. The molecule has 0 amide bonds. The maximum Gasteiger partial charge on any atom is 0.348 e. The van der Waals surface area contributed by atoms with Gasteiger partial charge in [-0.3, -0.25) is 4.84 Å². The Bertz CT molecular complexity index is 797. The van der Waals surface area contributed by atoms with Gasteiger partial charge in [-0.25, -0.2) is 9.86 Å². The Morgan fingerprint density at radius 3 is 2.62 bits per heavy atom. The minimum absolute atomic E-state index is 0.255. The number of anilines is 2. The standard InChI is InChI=1S/C16H13NO3S/c1-20-17(14-8-9-21-15(14)16(18)19)13-7-6-11-4-2-3-5-12(11)10-13/h2-10H,1H3,(H,18,19). The van der Waals surface area contributed by atoms with Crippen LogP contribution in [0.2, 0.25) is 0 Å². The van der Waals surface area contributed by atoms with Gasteiger partial charge >= 0.3 is 5.97 Å². The predicted molar refractivity (Wildman–Crippen MR) is 84.4 cm³/mol. The second-order valence-electron chi connectivity index (χ2n) is 4.45. The Morgan fingerprint density at radius 2 is 1.90 bits per heavy atom. The molecular weight excluding hydrogens is 286 g/mol. The van der Waals surface area contributed by atoms with Crippen LogP contribution in [0.25, 0.3) is 10.8 Å². The highest BCUT2D eigenvalue weighted by Gasteiger charge is 2.19. The Hall–Kier alpha value is -2.37. The molecule has 3 rings (SSSR count). The topological polar surface area (TPSA) is 49.8 Å². The Labute approximate surface area is 125 Å². The van der Waals surface area contributed by atoms with Gasteiger partial charge in [0, 0.05) is 0 Å². The molecule has 5 heteroatoms. The van der Waals surface area contributed by atoms with Gasteiger partial charge in [0.05, 0.1) is 18.5 Å². The zero-order valence-corrected chi connectivity index (χ0v) is 12.1. The van der Waals surface area contributed by atoms with Crippen LogP contribution in [-0.2, 0) is 4.84 Å². The third-order valence-corrected chi connectivity index (χ3v) is 4.10. The van der Waals surface area contributed by atoms with Crippen molar-refractivity contribution in [2.75, 3.05) is 12.2 Å². The lowest BCUT2D eigenvalue weighted by molar-refractivity contribution is 0.0701. The molecule has 106 valence electrons. The predicted octanol–water partition coefficient (Wildman–Crippen LogP) is 4.30. The zero-order chi connectivity index (χ0) is 14.8. The SMILES string of the molecule is CON(c1ccc2ccccc2c1)c1ccsc1C(=O)O. The van der Waals surface area contributed by atoms with Gasteiger partial charge in [0.2, 0.25) is 0 Å². The first-order valence-electron chi connectivity index (χ1n) is 6.34. The van der Waals surface area contributed by atoms with E-state index >= 15 is 0 Å². The molecule has 0 spiro atoms. The van der Waals surface area contributed by atoms with Crippen molar-refractivity contribution in [3.05, 3.63) is 58.8 Å². The number of hydrogen-bond donors (Lipinski definition) is 1. The lowest BCUT2D eigenvalue weighted by atomic mass is 10.1. The van der Waals surface area contributed by atoms with Crippen LogP contribution in [0.1, 0.15) is 9.67 Å². The second kappa shape index (κ2) is 5.55. The fourth-order valence-corrected chi connectivity index (χ4v) is 2.97. The zero-order valence-electron chi connectivity index (χ0n) is 11.3. The van der Waals surface area contributed by atoms with Gasteiger partial charge in [-0.15, -0.1) is 11.3 Å². The molecule has 1 aromatic heterocycles. The van der Waals surface area contributed by atoms with Crippen LogP contribution < -0.4 is 5.06 Å². The fraction of sp³-hybridized carbons (Fsp3) is 0.0625. The van der Waals surface area contributed by atoms with E-state index in [0.29, 0.717) is 5.69 Å². The van der Waals surface area contributed by atoms with Crippen LogP contribution in [0.4, 0.5) is 11.4 Å². The first kappa shape index (κ1) is 13.6. The highest BCUT2D eigenvalue weighted by molar-refractivity contribution is 7.12. The molecule has 2 aromatic carbocycles. The minimum Gasteiger partial charge on any atom is -0.477 e. The molecule has 4 nitrogen and oxygen atoms in total. The molecule has 0 bridgehead atoms. The summed E-state index contributed by atoms with van der Waals surface area (Å²) < 4.78 is 0. The first-order valence-corrected chi connectivity index (χ1v) is 7.22. The van der Waals surface area contributed by atoms with Crippen LogP contribution in [0, 0.1) is 0 Å². The summed E-state index contributed by atoms with van der Waals surface area (Å²) in [6, 6.07) is 15.6. The van der Waals surface area contributed by atoms with Crippen molar-refractivity contribution in [3.63, 3.8) is 0 Å². The normalized spacial score (nSPS) is 10.7. The Kier molecular flexibility index (Phi) is 3.60. The Balaban J connectivity index is 2.09. The van der Waals surface area contributed by atoms with E-state index < -0.39 is 5.97 Å². The van der Waals surface area contributed by atoms with Gasteiger partial charge in [-0.2, -0.15) is 0 Å². The van der Waals surface area contributed by atoms with Crippen molar-refractivity contribution < 1.29 is 14.7 Å². The summed E-state index contributed by atoms with van der Waals surface area (Å²) in [6.45, 7) is 0. The maximum atomic E-state index is 11.3. The molecule has 0 unspecified atom stereocenters. The number of hydrogen-bond acceptors (Lipinski definition) is 4. The lowest BCUT2D eigenvalue weighted by Crippen LogP contribution is -2.16. The van der Waals surface area contributed by atoms with Crippen LogP contribution >= 0.6 is 11.3 Å². The largest absolute Gasteiger partial charge is 0.477 e. The summed E-state index contributed by atoms with van der Waals surface area (Å²) in [6.07, 6.45) is 0. The van der Waals surface area contributed by atoms with Crippen LogP contribution in [0.3, 0.4) is 0 Å². The van der Waals surface area contributed by atoms with Crippen molar-refractivity contribution in [2.45, 2.75) is 0 Å². The third-order valence-electron chi connectivity index (χ3n) is 3.21. The van der Waals surface area contributed by atoms with E-state index in [1.165, 1.54) is 23.5 Å². The van der Waals surface area contributed by atoms with Crippen molar-refractivity contribution in [3.8, 4) is 0 Å². The number of aromatic carboxylic acids is 1. The van der Waals surface area contributed by atoms with Gasteiger partial charge in [0.1, 0.15) is 4.88 Å². The van der Waals surface area contributed by atoms with E-state index in [9.17, 15) is 9.90 Å². The number of carboxylic acids is 1. The maximum absolute atomic E-state index is 11.3. The molecule has 0 aliphatic carbocycles. The molecule has 3 aromatic rings. The monoisotopic (exact) mass is 299 g/mol. The molecule has 0 atom stereocenters. The molecule has 1 heterocycles. The van der Waals surface area contributed by atoms with Gasteiger partial charge in [-0.1, -0.05) is 30.3 Å². The average Bonchev–Trinajstić information content (AvgIpc) is 2.97. The van der Waals surface area contributed by atoms with E-state index in [1.54, 1.807) is 11.4 Å². The fourth-order valence-electron chi connectivity index (χ4n) is 2.27. The quantitative estimate of drug-likeness (QED) is 0.730. The van der Waals surface area contributed by atoms with Gasteiger partial charge < -0.3 is 5.11 Å². The number of benzene rings is 2. The van der Waals surface area contributed by atoms with Crippen molar-refractivity contribution in [1.29, 1.82) is 0 Å². The number of carboxylic acid groups (broad SMARTS) is 1. The molecule has 1 N–H and O–H groups in total. The summed E-state index contributed by atoms with van der Waals surface area (Å²) in [5.74, 6) is -0.956. The first-order chi connectivity index (χ1) is 10.2. The van der Waals surface area contributed by atoms with Gasteiger partial charge in [-0.05, 0) is 34.4 Å². The second-order valence-corrected chi connectivity index (χ2v) is 5.36. The summed E-state index contributed by atoms with van der Waals surface area (Å²) in [7, 11) is 1.53. The summed E-state index contributed by atoms with van der Waals surface area (Å²) >= 11 is 1.18. The minimum atomic E-state index is -0.956. The summed E-state index contributed by atoms with van der Waals surface area (Å²) in [5, 5.41) is 14.7. The van der Waals surface area contributed by atoms with Crippen molar-refractivity contribution in [1.82, 2.24) is 0 Å². The van der Waals surface area contributed by atoms with E-state index in [4.69, 9.17) is 4.84 Å². The number of fused-ring (bicyclic) bond motifs is 1. The molecule has 0 aliphatic heterocycles. The average molecular weight is 299 g/mol. The highest BCUT2D eigenvalue weighted by Crippen LogP contribution is 2.33. The lowest BCUT2D eigenvalue weighted by Gasteiger charge is -2.21. The van der Waals surface area contributed by atoms with Gasteiger partial charge in [0.25, 0.3) is 0 Å². The molecule has 0 saturated heterocycles. The summed E-state index contributed by atoms with van der Waals surface area (Å²) in [5.41, 5.74) is 1.32. The molecular formula is C16H13NO3S. The number of rotatable bonds is 4. The molecule has 0 aliphatic rings. The Morgan fingerprint density at radius 1 is 1.14 bits per heavy atom. The van der Waals surface area contributed by atoms with E-state index in [2.05, 4.69) is 0 Å². The van der Waals surface area contributed by atoms with Crippen LogP contribution in [0.15, 0.2) is 53.9 Å². The number of thiophene rings is 1. The van der Waals surface area contributed by atoms with E-state index in [1.807, 2.05) is 42.5 Å². The summed E-state index contributed by atoms with van der Waals surface area (Å²) in [4.78, 5) is 16.9. The van der Waals surface area contributed by atoms with Crippen LogP contribution in [-0.4, -0.2) is 18.2 Å². The van der Waals surface area contributed by atoms with Gasteiger partial charge in [0.15, 0.2) is 0 Å². The van der Waals surface area contributed by atoms with Crippen LogP contribution in [0.5, 0.6) is 0 Å². The van der Waals surface area contributed by atoms with Crippen molar-refractivity contribution in [2.24, 2.45) is 0 Å².